The van der Waals surface area contributed by atoms with Crippen molar-refractivity contribution in [3.8, 4) is 0 Å². The summed E-state index contributed by atoms with van der Waals surface area (Å²) in [6, 6.07) is 17.4. The van der Waals surface area contributed by atoms with Crippen LogP contribution in [0.4, 0.5) is 0 Å². The molecule has 0 radical (unpaired) electrons. The molecule has 2 aromatic carbocycles. The van der Waals surface area contributed by atoms with Crippen LogP contribution in [0, 0.1) is 6.92 Å². The average molecular weight is 386 g/mol. The second-order valence-corrected chi connectivity index (χ2v) is 7.43. The van der Waals surface area contributed by atoms with Crippen LogP contribution in [0.5, 0.6) is 0 Å². The Morgan fingerprint density at radius 2 is 1.79 bits per heavy atom. The summed E-state index contributed by atoms with van der Waals surface area (Å²) in [6.07, 6.45) is -3.45. The van der Waals surface area contributed by atoms with Gasteiger partial charge in [-0.25, -0.2) is 0 Å². The van der Waals surface area contributed by atoms with Crippen molar-refractivity contribution in [3.05, 3.63) is 71.3 Å². The first-order valence-electron chi connectivity index (χ1n) is 9.54. The van der Waals surface area contributed by atoms with Crippen LogP contribution in [-0.4, -0.2) is 47.8 Å². The van der Waals surface area contributed by atoms with Crippen LogP contribution in [0.15, 0.2) is 54.6 Å². The number of aryl methyl sites for hydroxylation is 1. The smallest absolute Gasteiger partial charge is 0.193 e. The lowest BCUT2D eigenvalue weighted by Gasteiger charge is -2.51. The molecule has 150 valence electrons. The van der Waals surface area contributed by atoms with Crippen molar-refractivity contribution in [3.63, 3.8) is 0 Å². The number of ether oxygens (including phenoxy) is 4. The van der Waals surface area contributed by atoms with Gasteiger partial charge in [-0.15, -0.1) is 0 Å². The Labute approximate surface area is 164 Å². The maximum Gasteiger partial charge on any atom is 0.193 e. The van der Waals surface area contributed by atoms with Crippen molar-refractivity contribution < 1.29 is 29.2 Å². The molecule has 6 atom stereocenters. The minimum atomic E-state index is -1.10. The van der Waals surface area contributed by atoms with E-state index in [-0.39, 0.29) is 0 Å². The van der Waals surface area contributed by atoms with Crippen LogP contribution in [-0.2, 0) is 24.7 Å². The van der Waals surface area contributed by atoms with Crippen LogP contribution in [0.2, 0.25) is 0 Å². The largest absolute Gasteiger partial charge is 0.394 e. The lowest BCUT2D eigenvalue weighted by atomic mass is 9.95. The summed E-state index contributed by atoms with van der Waals surface area (Å²) in [4.78, 5) is 0. The fraction of sp³-hybridized carbons (Fsp3) is 0.455. The van der Waals surface area contributed by atoms with Gasteiger partial charge in [0.1, 0.15) is 24.4 Å². The van der Waals surface area contributed by atoms with Crippen molar-refractivity contribution in [2.24, 2.45) is 0 Å². The van der Waals surface area contributed by atoms with Crippen molar-refractivity contribution >= 4 is 0 Å². The number of fused-ring (bicyclic) bond motifs is 1. The molecule has 2 aliphatic heterocycles. The fourth-order valence-corrected chi connectivity index (χ4v) is 3.98. The maximum atomic E-state index is 10.5. The predicted molar refractivity (Wildman–Crippen MR) is 101 cm³/mol. The standard InChI is InChI=1S/C22H26O6/c1-14-8-6-7-11-16(14)22(2)27-18-13-25-21(15-9-4-3-5-10-15)26-20(18)19(28-22)17(24)12-23/h3-11,17-21,23-24H,12-13H2,1-2H3/t17-,18+,19-,20-,21?,22?/m1/s1. The van der Waals surface area contributed by atoms with Gasteiger partial charge in [0.15, 0.2) is 12.1 Å². The van der Waals surface area contributed by atoms with Crippen molar-refractivity contribution in [2.45, 2.75) is 50.3 Å². The van der Waals surface area contributed by atoms with E-state index in [1.807, 2.05) is 68.4 Å². The highest BCUT2D eigenvalue weighted by molar-refractivity contribution is 5.30. The van der Waals surface area contributed by atoms with Gasteiger partial charge >= 0.3 is 0 Å². The molecule has 2 heterocycles. The van der Waals surface area contributed by atoms with Crippen LogP contribution in [0.3, 0.4) is 0 Å². The summed E-state index contributed by atoms with van der Waals surface area (Å²) in [5.74, 6) is -1.08. The Kier molecular flexibility index (Phi) is 5.51. The molecule has 0 aromatic heterocycles. The van der Waals surface area contributed by atoms with Crippen LogP contribution >= 0.6 is 0 Å². The zero-order chi connectivity index (χ0) is 19.7. The molecule has 2 saturated heterocycles. The Balaban J connectivity index is 1.63. The molecule has 4 rings (SSSR count). The van der Waals surface area contributed by atoms with Gasteiger partial charge in [0.25, 0.3) is 0 Å². The quantitative estimate of drug-likeness (QED) is 0.840. The van der Waals surface area contributed by atoms with Gasteiger partial charge in [0, 0.05) is 11.1 Å². The van der Waals surface area contributed by atoms with Gasteiger partial charge in [-0.3, -0.25) is 0 Å². The molecule has 6 heteroatoms. The first kappa shape index (κ1) is 19.5. The Morgan fingerprint density at radius 1 is 1.07 bits per heavy atom. The zero-order valence-electron chi connectivity index (χ0n) is 16.0. The van der Waals surface area contributed by atoms with Crippen molar-refractivity contribution in [1.82, 2.24) is 0 Å². The van der Waals surface area contributed by atoms with E-state index >= 15 is 0 Å². The zero-order valence-corrected chi connectivity index (χ0v) is 16.0. The highest BCUT2D eigenvalue weighted by Gasteiger charge is 2.52. The van der Waals surface area contributed by atoms with Crippen LogP contribution < -0.4 is 0 Å². The third kappa shape index (κ3) is 3.59. The number of benzene rings is 2. The molecule has 0 saturated carbocycles. The summed E-state index contributed by atoms with van der Waals surface area (Å²) >= 11 is 0. The lowest BCUT2D eigenvalue weighted by Crippen LogP contribution is -2.62. The Morgan fingerprint density at radius 3 is 2.50 bits per heavy atom. The van der Waals surface area contributed by atoms with Gasteiger partial charge in [0.05, 0.1) is 13.2 Å². The molecule has 2 aromatic rings. The third-order valence-corrected chi connectivity index (χ3v) is 5.39. The predicted octanol–water partition coefficient (Wildman–Crippen LogP) is 2.42. The van der Waals surface area contributed by atoms with E-state index in [1.54, 1.807) is 0 Å². The van der Waals surface area contributed by atoms with E-state index in [4.69, 9.17) is 18.9 Å². The second kappa shape index (κ2) is 7.91. The minimum Gasteiger partial charge on any atom is -0.394 e. The Bertz CT molecular complexity index is 797. The maximum absolute atomic E-state index is 10.5. The lowest BCUT2D eigenvalue weighted by molar-refractivity contribution is -0.409. The van der Waals surface area contributed by atoms with Gasteiger partial charge in [-0.1, -0.05) is 54.6 Å². The van der Waals surface area contributed by atoms with Gasteiger partial charge in [-0.2, -0.15) is 0 Å². The first-order valence-corrected chi connectivity index (χ1v) is 9.54. The van der Waals surface area contributed by atoms with E-state index in [1.165, 1.54) is 0 Å². The van der Waals surface area contributed by atoms with E-state index in [0.29, 0.717) is 6.61 Å². The molecule has 6 nitrogen and oxygen atoms in total. The Hall–Kier alpha value is -1.80. The van der Waals surface area contributed by atoms with E-state index in [2.05, 4.69) is 0 Å². The highest BCUT2D eigenvalue weighted by atomic mass is 16.8. The normalized spacial score (nSPS) is 33.9. The number of hydrogen-bond acceptors (Lipinski definition) is 6. The monoisotopic (exact) mass is 386 g/mol. The van der Waals surface area contributed by atoms with Crippen molar-refractivity contribution in [2.75, 3.05) is 13.2 Å². The molecule has 0 bridgehead atoms. The topological polar surface area (TPSA) is 77.4 Å². The molecule has 28 heavy (non-hydrogen) atoms. The molecule has 0 spiro atoms. The van der Waals surface area contributed by atoms with Crippen molar-refractivity contribution in [1.29, 1.82) is 0 Å². The molecule has 2 aliphatic rings. The van der Waals surface area contributed by atoms with Gasteiger partial charge in [-0.05, 0) is 19.4 Å². The summed E-state index contributed by atoms with van der Waals surface area (Å²) in [7, 11) is 0. The fourth-order valence-electron chi connectivity index (χ4n) is 3.98. The highest BCUT2D eigenvalue weighted by Crippen LogP contribution is 2.42. The molecule has 0 amide bonds. The van der Waals surface area contributed by atoms with E-state index in [9.17, 15) is 10.2 Å². The number of rotatable bonds is 4. The second-order valence-electron chi connectivity index (χ2n) is 7.43. The van der Waals surface area contributed by atoms with Gasteiger partial charge < -0.3 is 29.2 Å². The molecule has 0 aliphatic carbocycles. The molecular formula is C22H26O6. The van der Waals surface area contributed by atoms with E-state index < -0.39 is 43.1 Å². The van der Waals surface area contributed by atoms with Gasteiger partial charge in [0.2, 0.25) is 0 Å². The van der Waals surface area contributed by atoms with E-state index in [0.717, 1.165) is 16.7 Å². The summed E-state index contributed by atoms with van der Waals surface area (Å²) < 4.78 is 24.6. The molecular weight excluding hydrogens is 360 g/mol. The number of aliphatic hydroxyl groups is 2. The molecule has 2 unspecified atom stereocenters. The van der Waals surface area contributed by atoms with Crippen LogP contribution in [0.25, 0.3) is 0 Å². The average Bonchev–Trinajstić information content (AvgIpc) is 2.73. The summed E-state index contributed by atoms with van der Waals surface area (Å²) in [5, 5.41) is 20.1. The van der Waals surface area contributed by atoms with Crippen LogP contribution in [0.1, 0.15) is 29.9 Å². The molecule has 2 fully saturated rings. The molecule has 2 N–H and O–H groups in total. The summed E-state index contributed by atoms with van der Waals surface area (Å²) in [6.45, 7) is 3.67. The number of aliphatic hydroxyl groups excluding tert-OH is 2. The number of hydrogen-bond donors (Lipinski definition) is 2. The minimum absolute atomic E-state index is 0.295. The summed E-state index contributed by atoms with van der Waals surface area (Å²) in [5.41, 5.74) is 2.76. The third-order valence-electron chi connectivity index (χ3n) is 5.39. The SMILES string of the molecule is Cc1ccccc1C1(C)O[C@H]([C@H](O)CO)[C@@H]2OC(c3ccccc3)OC[C@@H]2O1. The first-order chi connectivity index (χ1) is 13.5.